The van der Waals surface area contributed by atoms with Gasteiger partial charge in [-0.05, 0) is 49.6 Å². The van der Waals surface area contributed by atoms with Crippen LogP contribution >= 0.6 is 11.6 Å². The first-order chi connectivity index (χ1) is 18.5. The molecule has 1 aliphatic carbocycles. The lowest BCUT2D eigenvalue weighted by Gasteiger charge is -2.36. The average Bonchev–Trinajstić information content (AvgIpc) is 3.24. The zero-order valence-electron chi connectivity index (χ0n) is 22.9. The zero-order valence-corrected chi connectivity index (χ0v) is 23.7. The average molecular weight is 532 g/mol. The Morgan fingerprint density at radius 3 is 2.26 bits per heavy atom. The lowest BCUT2D eigenvalue weighted by atomic mass is 10.2. The van der Waals surface area contributed by atoms with Gasteiger partial charge in [0.15, 0.2) is 0 Å². The number of nitrogens with zero attached hydrogens (tertiary/aromatic N) is 3. The molecule has 0 unspecified atom stereocenters. The third-order valence-electron chi connectivity index (χ3n) is 6.02. The first kappa shape index (κ1) is 30.9. The van der Waals surface area contributed by atoms with E-state index in [4.69, 9.17) is 11.6 Å². The lowest BCUT2D eigenvalue weighted by Crippen LogP contribution is -2.50. The second-order valence-corrected chi connectivity index (χ2v) is 9.33. The number of piperazine rings is 1. The van der Waals surface area contributed by atoms with Crippen LogP contribution in [0.2, 0.25) is 5.02 Å². The quantitative estimate of drug-likeness (QED) is 0.343. The van der Waals surface area contributed by atoms with Crippen molar-refractivity contribution in [3.63, 3.8) is 0 Å². The maximum absolute atomic E-state index is 13.2. The van der Waals surface area contributed by atoms with Crippen LogP contribution in [0.3, 0.4) is 0 Å². The van der Waals surface area contributed by atoms with Crippen LogP contribution in [0.15, 0.2) is 116 Å². The van der Waals surface area contributed by atoms with Gasteiger partial charge in [-0.3, -0.25) is 9.69 Å². The van der Waals surface area contributed by atoms with Crippen molar-refractivity contribution in [1.82, 2.24) is 9.80 Å². The Balaban J connectivity index is 0.000000650. The van der Waals surface area contributed by atoms with Gasteiger partial charge in [-0.15, -0.1) is 13.2 Å². The molecular formula is C33H42ClN3O. The van der Waals surface area contributed by atoms with Gasteiger partial charge in [-0.25, -0.2) is 0 Å². The van der Waals surface area contributed by atoms with E-state index in [9.17, 15) is 4.79 Å². The van der Waals surface area contributed by atoms with E-state index >= 15 is 0 Å². The molecule has 0 N–H and O–H groups in total. The topological polar surface area (TPSA) is 26.8 Å². The van der Waals surface area contributed by atoms with E-state index in [1.165, 1.54) is 0 Å². The number of anilines is 1. The largest absolute Gasteiger partial charge is 0.339 e. The highest BCUT2D eigenvalue weighted by atomic mass is 35.5. The number of benzene rings is 2. The molecule has 0 saturated carbocycles. The van der Waals surface area contributed by atoms with Gasteiger partial charge in [-0.1, -0.05) is 91.4 Å². The number of allylic oxidation sites excluding steroid dienone is 7. The van der Waals surface area contributed by atoms with Crippen LogP contribution in [-0.4, -0.2) is 48.4 Å². The summed E-state index contributed by atoms with van der Waals surface area (Å²) in [4.78, 5) is 19.7. The van der Waals surface area contributed by atoms with Crippen LogP contribution in [0, 0.1) is 0 Å². The van der Waals surface area contributed by atoms with Gasteiger partial charge < -0.3 is 9.80 Å². The van der Waals surface area contributed by atoms with E-state index in [0.717, 1.165) is 67.5 Å². The van der Waals surface area contributed by atoms with Crippen molar-refractivity contribution in [3.8, 4) is 0 Å². The SMILES string of the molecule is C=CC.C=CCC.O=C(CN(C1=CCC=CC=C1)c1ccccc1)N1CCN(Cc2ccccc2Cl)CC1. The highest BCUT2D eigenvalue weighted by Crippen LogP contribution is 2.22. The number of rotatable bonds is 7. The predicted octanol–water partition coefficient (Wildman–Crippen LogP) is 7.67. The number of carbonyl (C=O) groups excluding carboxylic acids is 1. The molecule has 1 aliphatic heterocycles. The van der Waals surface area contributed by atoms with Crippen LogP contribution in [-0.2, 0) is 11.3 Å². The molecule has 2 aromatic carbocycles. The fourth-order valence-corrected chi connectivity index (χ4v) is 4.16. The smallest absolute Gasteiger partial charge is 0.242 e. The van der Waals surface area contributed by atoms with Crippen molar-refractivity contribution in [2.75, 3.05) is 37.6 Å². The number of halogens is 1. The molecule has 0 radical (unpaired) electrons. The van der Waals surface area contributed by atoms with Crippen LogP contribution < -0.4 is 4.90 Å². The summed E-state index contributed by atoms with van der Waals surface area (Å²) in [6.45, 7) is 15.1. The molecular weight excluding hydrogens is 490 g/mol. The highest BCUT2D eigenvalue weighted by Gasteiger charge is 2.24. The summed E-state index contributed by atoms with van der Waals surface area (Å²) in [7, 11) is 0. The Hall–Kier alpha value is -3.34. The Morgan fingerprint density at radius 1 is 1.00 bits per heavy atom. The minimum atomic E-state index is 0.160. The maximum Gasteiger partial charge on any atom is 0.242 e. The van der Waals surface area contributed by atoms with Crippen LogP contribution in [0.25, 0.3) is 0 Å². The van der Waals surface area contributed by atoms with Gasteiger partial charge in [0.1, 0.15) is 6.54 Å². The van der Waals surface area contributed by atoms with Crippen molar-refractivity contribution < 1.29 is 4.79 Å². The second-order valence-electron chi connectivity index (χ2n) is 8.93. The van der Waals surface area contributed by atoms with Gasteiger partial charge >= 0.3 is 0 Å². The maximum atomic E-state index is 13.2. The molecule has 4 nitrogen and oxygen atoms in total. The molecule has 0 aromatic heterocycles. The monoisotopic (exact) mass is 531 g/mol. The first-order valence-electron chi connectivity index (χ1n) is 13.3. The lowest BCUT2D eigenvalue weighted by molar-refractivity contribution is -0.131. The molecule has 1 saturated heterocycles. The van der Waals surface area contributed by atoms with Gasteiger partial charge in [0, 0.05) is 49.1 Å². The van der Waals surface area contributed by atoms with E-state index in [1.54, 1.807) is 6.08 Å². The van der Waals surface area contributed by atoms with Crippen molar-refractivity contribution >= 4 is 23.2 Å². The fourth-order valence-electron chi connectivity index (χ4n) is 3.97. The highest BCUT2D eigenvalue weighted by molar-refractivity contribution is 6.31. The molecule has 1 heterocycles. The molecule has 2 aromatic rings. The van der Waals surface area contributed by atoms with E-state index in [2.05, 4.69) is 66.3 Å². The molecule has 1 fully saturated rings. The summed E-state index contributed by atoms with van der Waals surface area (Å²) in [5.41, 5.74) is 3.23. The number of hydrogen-bond acceptors (Lipinski definition) is 3. The normalized spacial score (nSPS) is 14.6. The molecule has 5 heteroatoms. The number of para-hydroxylation sites is 1. The fraction of sp³-hybridized carbons (Fsp3) is 0.303. The minimum absolute atomic E-state index is 0.160. The molecule has 4 rings (SSSR count). The molecule has 1 amide bonds. The van der Waals surface area contributed by atoms with Crippen molar-refractivity contribution in [3.05, 3.63) is 127 Å². The van der Waals surface area contributed by atoms with Gasteiger partial charge in [0.2, 0.25) is 5.91 Å². The Morgan fingerprint density at radius 2 is 1.63 bits per heavy atom. The zero-order chi connectivity index (χ0) is 27.6. The molecule has 0 spiro atoms. The van der Waals surface area contributed by atoms with E-state index in [1.807, 2.05) is 66.4 Å². The summed E-state index contributed by atoms with van der Waals surface area (Å²) in [5, 5.41) is 0.804. The molecule has 0 atom stereocenters. The molecule has 38 heavy (non-hydrogen) atoms. The summed E-state index contributed by atoms with van der Waals surface area (Å²) < 4.78 is 0. The summed E-state index contributed by atoms with van der Waals surface area (Å²) >= 11 is 6.31. The first-order valence-corrected chi connectivity index (χ1v) is 13.7. The molecule has 202 valence electrons. The Labute approximate surface area is 234 Å². The molecule has 0 bridgehead atoms. The number of carbonyl (C=O) groups is 1. The van der Waals surface area contributed by atoms with Crippen LogP contribution in [0.4, 0.5) is 5.69 Å². The summed E-state index contributed by atoms with van der Waals surface area (Å²) in [6.07, 6.45) is 16.0. The predicted molar refractivity (Wildman–Crippen MR) is 164 cm³/mol. The summed E-state index contributed by atoms with van der Waals surface area (Å²) in [5.74, 6) is 0.160. The van der Waals surface area contributed by atoms with Crippen LogP contribution in [0.1, 0.15) is 32.3 Å². The number of amides is 1. The van der Waals surface area contributed by atoms with Crippen molar-refractivity contribution in [1.29, 1.82) is 0 Å². The van der Waals surface area contributed by atoms with E-state index in [-0.39, 0.29) is 5.91 Å². The minimum Gasteiger partial charge on any atom is -0.339 e. The van der Waals surface area contributed by atoms with Crippen molar-refractivity contribution in [2.45, 2.75) is 33.2 Å². The third-order valence-corrected chi connectivity index (χ3v) is 6.38. The van der Waals surface area contributed by atoms with Gasteiger partial charge in [0.05, 0.1) is 0 Å². The van der Waals surface area contributed by atoms with Crippen LogP contribution in [0.5, 0.6) is 0 Å². The molecule has 2 aliphatic rings. The van der Waals surface area contributed by atoms with E-state index in [0.29, 0.717) is 6.54 Å². The Kier molecular flexibility index (Phi) is 14.6. The van der Waals surface area contributed by atoms with E-state index < -0.39 is 0 Å². The van der Waals surface area contributed by atoms with Crippen molar-refractivity contribution in [2.24, 2.45) is 0 Å². The van der Waals surface area contributed by atoms with Gasteiger partial charge in [-0.2, -0.15) is 0 Å². The number of hydrogen-bond donors (Lipinski definition) is 0. The van der Waals surface area contributed by atoms with Gasteiger partial charge in [0.25, 0.3) is 0 Å². The Bertz CT molecular complexity index is 1080. The second kappa shape index (κ2) is 18.0. The third kappa shape index (κ3) is 10.6. The standard InChI is InChI=1S/C26H28ClN3O.C4H8.C3H6/c27-25-15-9-8-10-22(25)20-28-16-18-29(19-17-28)26(31)21-30(24-13-6-3-7-14-24)23-11-4-1-2-5-12-23;1-3-4-2;1-3-2/h1-4,6-15H,5,16-21H2;3H,1,4H2,2H3;3H,1H2,2H3. The summed E-state index contributed by atoms with van der Waals surface area (Å²) in [6, 6.07) is 18.1.